The van der Waals surface area contributed by atoms with E-state index in [1.54, 1.807) is 12.3 Å². The van der Waals surface area contributed by atoms with Gasteiger partial charge in [-0.3, -0.25) is 0 Å². The summed E-state index contributed by atoms with van der Waals surface area (Å²) in [5.74, 6) is 2.40. The number of aromatic nitrogens is 2. The van der Waals surface area contributed by atoms with Crippen LogP contribution >= 0.6 is 0 Å². The molecule has 0 amide bonds. The highest BCUT2D eigenvalue weighted by Crippen LogP contribution is 2.39. The van der Waals surface area contributed by atoms with Crippen molar-refractivity contribution in [3.8, 4) is 6.07 Å². The van der Waals surface area contributed by atoms with Crippen molar-refractivity contribution < 1.29 is 0 Å². The van der Waals surface area contributed by atoms with Gasteiger partial charge in [0.05, 0.1) is 11.8 Å². The van der Waals surface area contributed by atoms with Crippen LogP contribution in [0.5, 0.6) is 0 Å². The van der Waals surface area contributed by atoms with Gasteiger partial charge >= 0.3 is 0 Å². The minimum atomic E-state index is 0.648. The van der Waals surface area contributed by atoms with Gasteiger partial charge in [-0.2, -0.15) is 10.4 Å². The molecule has 0 N–H and O–H groups in total. The first-order valence-corrected chi connectivity index (χ1v) is 5.85. The van der Waals surface area contributed by atoms with E-state index in [0.717, 1.165) is 30.7 Å². The molecule has 82 valence electrons. The Bertz CT molecular complexity index is 425. The van der Waals surface area contributed by atoms with Crippen LogP contribution in [0.2, 0.25) is 0 Å². The Kier molecular flexibility index (Phi) is 2.24. The van der Waals surface area contributed by atoms with Crippen LogP contribution in [0.4, 0.5) is 5.82 Å². The van der Waals surface area contributed by atoms with Gasteiger partial charge < -0.3 is 4.90 Å². The van der Waals surface area contributed by atoms with Gasteiger partial charge in [-0.05, 0) is 30.7 Å². The fourth-order valence-corrected chi connectivity index (χ4v) is 3.05. The molecule has 0 aromatic carbocycles. The van der Waals surface area contributed by atoms with Gasteiger partial charge in [-0.15, -0.1) is 5.10 Å². The van der Waals surface area contributed by atoms with Crippen molar-refractivity contribution in [1.82, 2.24) is 10.2 Å². The minimum absolute atomic E-state index is 0.648. The summed E-state index contributed by atoms with van der Waals surface area (Å²) in [5, 5.41) is 17.0. The maximum atomic E-state index is 9.04. The number of hydrogen-bond acceptors (Lipinski definition) is 4. The zero-order valence-corrected chi connectivity index (χ0v) is 9.13. The zero-order valence-electron chi connectivity index (χ0n) is 9.13. The fourth-order valence-electron chi connectivity index (χ4n) is 3.05. The smallest absolute Gasteiger partial charge is 0.169 e. The second-order valence-corrected chi connectivity index (χ2v) is 4.74. The van der Waals surface area contributed by atoms with Crippen molar-refractivity contribution in [3.63, 3.8) is 0 Å². The number of hydrogen-bond donors (Lipinski definition) is 0. The molecular formula is C12H14N4. The van der Waals surface area contributed by atoms with E-state index in [2.05, 4.69) is 21.2 Å². The van der Waals surface area contributed by atoms with E-state index in [-0.39, 0.29) is 0 Å². The van der Waals surface area contributed by atoms with Gasteiger partial charge in [-0.25, -0.2) is 0 Å². The molecule has 1 saturated carbocycles. The summed E-state index contributed by atoms with van der Waals surface area (Å²) in [6.45, 7) is 2.11. The molecule has 1 aromatic heterocycles. The normalized spacial score (nSPS) is 27.8. The monoisotopic (exact) mass is 214 g/mol. The quantitative estimate of drug-likeness (QED) is 0.712. The summed E-state index contributed by atoms with van der Waals surface area (Å²) in [4.78, 5) is 2.24. The first-order chi connectivity index (χ1) is 7.88. The third-order valence-corrected chi connectivity index (χ3v) is 3.85. The van der Waals surface area contributed by atoms with Crippen LogP contribution in [0.1, 0.15) is 24.8 Å². The molecule has 3 rings (SSSR count). The van der Waals surface area contributed by atoms with Gasteiger partial charge in [0.15, 0.2) is 5.82 Å². The van der Waals surface area contributed by atoms with E-state index in [0.29, 0.717) is 5.56 Å². The van der Waals surface area contributed by atoms with Crippen molar-refractivity contribution in [1.29, 1.82) is 5.26 Å². The molecule has 4 heteroatoms. The molecule has 1 saturated heterocycles. The van der Waals surface area contributed by atoms with Crippen LogP contribution in [-0.2, 0) is 0 Å². The predicted octanol–water partition coefficient (Wildman–Crippen LogP) is 1.58. The van der Waals surface area contributed by atoms with Crippen LogP contribution in [0.3, 0.4) is 0 Å². The SMILES string of the molecule is N#Cc1ccnnc1N1CC2CCCC2C1. The Morgan fingerprint density at radius 3 is 2.75 bits per heavy atom. The molecule has 1 aromatic rings. The molecule has 0 bridgehead atoms. The number of nitriles is 1. The van der Waals surface area contributed by atoms with Crippen LogP contribution in [0, 0.1) is 23.2 Å². The largest absolute Gasteiger partial charge is 0.353 e. The van der Waals surface area contributed by atoms with Gasteiger partial charge in [0, 0.05) is 13.1 Å². The van der Waals surface area contributed by atoms with E-state index >= 15 is 0 Å². The lowest BCUT2D eigenvalue weighted by atomic mass is 10.0. The lowest BCUT2D eigenvalue weighted by molar-refractivity contribution is 0.494. The Balaban J connectivity index is 1.86. The van der Waals surface area contributed by atoms with Crippen molar-refractivity contribution in [2.45, 2.75) is 19.3 Å². The summed E-state index contributed by atoms with van der Waals surface area (Å²) >= 11 is 0. The molecule has 2 aliphatic rings. The Morgan fingerprint density at radius 2 is 2.06 bits per heavy atom. The lowest BCUT2D eigenvalue weighted by Crippen LogP contribution is -2.23. The number of nitrogens with zero attached hydrogens (tertiary/aromatic N) is 4. The third kappa shape index (κ3) is 1.44. The number of rotatable bonds is 1. The van der Waals surface area contributed by atoms with Gasteiger partial charge in [0.25, 0.3) is 0 Å². The zero-order chi connectivity index (χ0) is 11.0. The number of fused-ring (bicyclic) bond motifs is 1. The van der Waals surface area contributed by atoms with Crippen LogP contribution in [0.25, 0.3) is 0 Å². The van der Waals surface area contributed by atoms with E-state index < -0.39 is 0 Å². The predicted molar refractivity (Wildman–Crippen MR) is 59.8 cm³/mol. The highest BCUT2D eigenvalue weighted by atomic mass is 15.3. The maximum Gasteiger partial charge on any atom is 0.169 e. The number of anilines is 1. The summed E-state index contributed by atoms with van der Waals surface area (Å²) < 4.78 is 0. The molecule has 2 fully saturated rings. The van der Waals surface area contributed by atoms with Gasteiger partial charge in [-0.1, -0.05) is 6.42 Å². The van der Waals surface area contributed by atoms with E-state index in [1.165, 1.54) is 19.3 Å². The average Bonchev–Trinajstić information content (AvgIpc) is 2.89. The third-order valence-electron chi connectivity index (χ3n) is 3.85. The van der Waals surface area contributed by atoms with Gasteiger partial charge in [0.2, 0.25) is 0 Å². The van der Waals surface area contributed by atoms with Crippen molar-refractivity contribution in [2.24, 2.45) is 11.8 Å². The molecule has 16 heavy (non-hydrogen) atoms. The van der Waals surface area contributed by atoms with Crippen molar-refractivity contribution in [3.05, 3.63) is 17.8 Å². The molecule has 4 nitrogen and oxygen atoms in total. The standard InChI is InChI=1S/C12H14N4/c13-6-9-4-5-14-15-12(9)16-7-10-2-1-3-11(10)8-16/h4-5,10-11H,1-3,7-8H2. The van der Waals surface area contributed by atoms with Crippen LogP contribution in [-0.4, -0.2) is 23.3 Å². The van der Waals surface area contributed by atoms with Crippen molar-refractivity contribution in [2.75, 3.05) is 18.0 Å². The molecule has 2 unspecified atom stereocenters. The molecule has 1 aliphatic carbocycles. The molecule has 0 spiro atoms. The van der Waals surface area contributed by atoms with E-state index in [9.17, 15) is 0 Å². The lowest BCUT2D eigenvalue weighted by Gasteiger charge is -2.18. The molecule has 2 heterocycles. The second-order valence-electron chi connectivity index (χ2n) is 4.74. The second kappa shape index (κ2) is 3.75. The average molecular weight is 214 g/mol. The minimum Gasteiger partial charge on any atom is -0.353 e. The Hall–Kier alpha value is -1.63. The summed E-state index contributed by atoms with van der Waals surface area (Å²) in [5.41, 5.74) is 0.648. The highest BCUT2D eigenvalue weighted by molar-refractivity contribution is 5.53. The molecule has 0 radical (unpaired) electrons. The Labute approximate surface area is 94.9 Å². The first kappa shape index (κ1) is 9.59. The van der Waals surface area contributed by atoms with Crippen LogP contribution < -0.4 is 4.90 Å². The summed E-state index contributed by atoms with van der Waals surface area (Å²) in [6.07, 6.45) is 5.63. The first-order valence-electron chi connectivity index (χ1n) is 5.85. The molecular weight excluding hydrogens is 200 g/mol. The highest BCUT2D eigenvalue weighted by Gasteiger charge is 2.37. The maximum absolute atomic E-state index is 9.04. The van der Waals surface area contributed by atoms with Crippen LogP contribution in [0.15, 0.2) is 12.3 Å². The van der Waals surface area contributed by atoms with Gasteiger partial charge in [0.1, 0.15) is 6.07 Å². The summed E-state index contributed by atoms with van der Waals surface area (Å²) in [6, 6.07) is 3.94. The summed E-state index contributed by atoms with van der Waals surface area (Å²) in [7, 11) is 0. The van der Waals surface area contributed by atoms with E-state index in [4.69, 9.17) is 5.26 Å². The molecule has 2 atom stereocenters. The van der Waals surface area contributed by atoms with E-state index in [1.807, 2.05) is 0 Å². The van der Waals surface area contributed by atoms with Crippen molar-refractivity contribution >= 4 is 5.82 Å². The topological polar surface area (TPSA) is 52.8 Å². The Morgan fingerprint density at radius 1 is 1.31 bits per heavy atom. The fraction of sp³-hybridized carbons (Fsp3) is 0.583. The molecule has 1 aliphatic heterocycles.